The van der Waals surface area contributed by atoms with Crippen LogP contribution in [0.4, 0.5) is 4.79 Å². The Labute approximate surface area is 193 Å². The number of aliphatic carboxylic acids is 1. The molecule has 2 aromatic carbocycles. The summed E-state index contributed by atoms with van der Waals surface area (Å²) in [5.74, 6) is -1.30. The maximum atomic E-state index is 13.1. The minimum Gasteiger partial charge on any atom is -0.480 e. The van der Waals surface area contributed by atoms with Gasteiger partial charge in [0.15, 0.2) is 0 Å². The molecule has 1 fully saturated rings. The van der Waals surface area contributed by atoms with Crippen molar-refractivity contribution < 1.29 is 24.2 Å². The van der Waals surface area contributed by atoms with Crippen molar-refractivity contribution in [3.8, 4) is 11.1 Å². The third kappa shape index (κ3) is 4.72. The maximum Gasteiger partial charge on any atom is 0.407 e. The third-order valence-corrected chi connectivity index (χ3v) is 6.46. The van der Waals surface area contributed by atoms with Gasteiger partial charge in [0.25, 0.3) is 0 Å². The molecule has 4 rings (SSSR count). The SMILES string of the molecule is CC(C)CC(NC(=O)OCC1c2ccccc2-c2ccccc21)C(=O)N1CCC[C@@H]1C(=O)O. The first-order chi connectivity index (χ1) is 15.9. The lowest BCUT2D eigenvalue weighted by Crippen LogP contribution is -2.52. The minimum atomic E-state index is -1.01. The van der Waals surface area contributed by atoms with Gasteiger partial charge in [-0.1, -0.05) is 62.4 Å². The molecule has 2 aliphatic rings. The standard InChI is InChI=1S/C26H30N2O5/c1-16(2)14-22(24(29)28-13-7-12-23(28)25(30)31)27-26(32)33-15-21-19-10-5-3-8-17(19)18-9-4-6-11-20(18)21/h3-6,8-11,16,21-23H,7,12-15H2,1-2H3,(H,27,32)(H,30,31)/t22?,23-/m1/s1. The highest BCUT2D eigenvalue weighted by atomic mass is 16.5. The number of carbonyl (C=O) groups is 3. The second-order valence-corrected chi connectivity index (χ2v) is 9.18. The summed E-state index contributed by atoms with van der Waals surface area (Å²) in [6, 6.07) is 14.5. The Bertz CT molecular complexity index is 1000. The van der Waals surface area contributed by atoms with Crippen molar-refractivity contribution in [1.29, 1.82) is 0 Å². The van der Waals surface area contributed by atoms with Crippen molar-refractivity contribution in [1.82, 2.24) is 10.2 Å². The number of carbonyl (C=O) groups excluding carboxylic acids is 2. The van der Waals surface area contributed by atoms with Crippen molar-refractivity contribution in [2.24, 2.45) is 5.92 Å². The predicted molar refractivity (Wildman–Crippen MR) is 124 cm³/mol. The normalized spacial score (nSPS) is 18.0. The smallest absolute Gasteiger partial charge is 0.407 e. The van der Waals surface area contributed by atoms with Crippen molar-refractivity contribution in [3.05, 3.63) is 59.7 Å². The highest BCUT2D eigenvalue weighted by molar-refractivity contribution is 5.89. The van der Waals surface area contributed by atoms with Gasteiger partial charge in [0.05, 0.1) is 0 Å². The molecule has 2 atom stereocenters. The molecule has 1 unspecified atom stereocenters. The Balaban J connectivity index is 1.44. The number of rotatable bonds is 7. The molecular weight excluding hydrogens is 420 g/mol. The van der Waals surface area contributed by atoms with Gasteiger partial charge in [-0.2, -0.15) is 0 Å². The minimum absolute atomic E-state index is 0.0719. The number of likely N-dealkylation sites (tertiary alicyclic amines) is 1. The number of nitrogens with one attached hydrogen (secondary N) is 1. The van der Waals surface area contributed by atoms with Gasteiger partial charge < -0.3 is 20.1 Å². The van der Waals surface area contributed by atoms with E-state index in [1.54, 1.807) is 0 Å². The van der Waals surface area contributed by atoms with Crippen LogP contribution in [0.2, 0.25) is 0 Å². The summed E-state index contributed by atoms with van der Waals surface area (Å²) in [4.78, 5) is 38.7. The molecule has 1 aliphatic carbocycles. The lowest BCUT2D eigenvalue weighted by molar-refractivity contribution is -0.149. The molecule has 7 nitrogen and oxygen atoms in total. The van der Waals surface area contributed by atoms with Crippen LogP contribution < -0.4 is 5.32 Å². The fourth-order valence-corrected chi connectivity index (χ4v) is 4.96. The van der Waals surface area contributed by atoms with Crippen LogP contribution in [0.1, 0.15) is 50.2 Å². The number of benzene rings is 2. The van der Waals surface area contributed by atoms with E-state index in [9.17, 15) is 19.5 Å². The molecule has 2 N–H and O–H groups in total. The molecule has 1 saturated heterocycles. The summed E-state index contributed by atoms with van der Waals surface area (Å²) in [6.45, 7) is 4.46. The van der Waals surface area contributed by atoms with E-state index in [0.29, 0.717) is 25.8 Å². The average Bonchev–Trinajstić information content (AvgIpc) is 3.40. The van der Waals surface area contributed by atoms with Gasteiger partial charge in [0.1, 0.15) is 18.7 Å². The number of hydrogen-bond donors (Lipinski definition) is 2. The molecule has 0 spiro atoms. The van der Waals surface area contributed by atoms with E-state index in [1.165, 1.54) is 4.90 Å². The fourth-order valence-electron chi connectivity index (χ4n) is 4.96. The largest absolute Gasteiger partial charge is 0.480 e. The summed E-state index contributed by atoms with van der Waals surface area (Å²) in [5.41, 5.74) is 4.51. The Hall–Kier alpha value is -3.35. The number of carboxylic acids is 1. The van der Waals surface area contributed by atoms with Crippen LogP contribution in [0.3, 0.4) is 0 Å². The molecular formula is C26H30N2O5. The zero-order valence-electron chi connectivity index (χ0n) is 19.0. The van der Waals surface area contributed by atoms with Crippen LogP contribution in [-0.2, 0) is 14.3 Å². The molecule has 0 aromatic heterocycles. The molecule has 2 aromatic rings. The highest BCUT2D eigenvalue weighted by Crippen LogP contribution is 2.44. The van der Waals surface area contributed by atoms with Crippen LogP contribution in [0.5, 0.6) is 0 Å². The summed E-state index contributed by atoms with van der Waals surface area (Å²) >= 11 is 0. The van der Waals surface area contributed by atoms with E-state index in [1.807, 2.05) is 50.2 Å². The first kappa shape index (κ1) is 22.8. The lowest BCUT2D eigenvalue weighted by Gasteiger charge is -2.28. The number of hydrogen-bond acceptors (Lipinski definition) is 4. The predicted octanol–water partition coefficient (Wildman–Crippen LogP) is 4.02. The van der Waals surface area contributed by atoms with Crippen molar-refractivity contribution in [3.63, 3.8) is 0 Å². The van der Waals surface area contributed by atoms with Crippen LogP contribution in [0, 0.1) is 5.92 Å². The second kappa shape index (κ2) is 9.65. The van der Waals surface area contributed by atoms with E-state index in [0.717, 1.165) is 22.3 Å². The molecule has 2 amide bonds. The van der Waals surface area contributed by atoms with Crippen molar-refractivity contribution in [2.45, 2.75) is 51.1 Å². The summed E-state index contributed by atoms with van der Waals surface area (Å²) < 4.78 is 5.60. The molecule has 7 heteroatoms. The molecule has 33 heavy (non-hydrogen) atoms. The van der Waals surface area contributed by atoms with E-state index in [2.05, 4.69) is 17.4 Å². The first-order valence-electron chi connectivity index (χ1n) is 11.5. The Kier molecular flexibility index (Phi) is 6.67. The van der Waals surface area contributed by atoms with Crippen LogP contribution in [0.15, 0.2) is 48.5 Å². The quantitative estimate of drug-likeness (QED) is 0.664. The fraction of sp³-hybridized carbons (Fsp3) is 0.423. The zero-order chi connectivity index (χ0) is 23.5. The van der Waals surface area contributed by atoms with Crippen LogP contribution >= 0.6 is 0 Å². The Morgan fingerprint density at radius 3 is 2.24 bits per heavy atom. The maximum absolute atomic E-state index is 13.1. The summed E-state index contributed by atoms with van der Waals surface area (Å²) in [5, 5.41) is 12.1. The topological polar surface area (TPSA) is 95.9 Å². The number of carboxylic acid groups (broad SMARTS) is 1. The van der Waals surface area contributed by atoms with Gasteiger partial charge in [-0.05, 0) is 47.4 Å². The molecule has 174 valence electrons. The third-order valence-electron chi connectivity index (χ3n) is 6.46. The molecule has 1 heterocycles. The van der Waals surface area contributed by atoms with Crippen molar-refractivity contribution in [2.75, 3.05) is 13.2 Å². The second-order valence-electron chi connectivity index (χ2n) is 9.18. The van der Waals surface area contributed by atoms with Gasteiger partial charge in [0, 0.05) is 12.5 Å². The van der Waals surface area contributed by atoms with E-state index in [4.69, 9.17) is 4.74 Å². The van der Waals surface area contributed by atoms with Crippen molar-refractivity contribution >= 4 is 18.0 Å². The van der Waals surface area contributed by atoms with Crippen LogP contribution in [-0.4, -0.2) is 53.2 Å². The number of ether oxygens (including phenoxy) is 1. The summed E-state index contributed by atoms with van der Waals surface area (Å²) in [7, 11) is 0. The number of nitrogens with zero attached hydrogens (tertiary/aromatic N) is 1. The van der Waals surface area contributed by atoms with Gasteiger partial charge in [0.2, 0.25) is 5.91 Å². The first-order valence-corrected chi connectivity index (χ1v) is 11.5. The zero-order valence-corrected chi connectivity index (χ0v) is 19.0. The van der Waals surface area contributed by atoms with Gasteiger partial charge in [-0.15, -0.1) is 0 Å². The number of alkyl carbamates (subject to hydrolysis) is 1. The summed E-state index contributed by atoms with van der Waals surface area (Å²) in [6.07, 6.45) is 0.816. The Morgan fingerprint density at radius 2 is 1.67 bits per heavy atom. The molecule has 0 radical (unpaired) electrons. The van der Waals surface area contributed by atoms with E-state index < -0.39 is 24.1 Å². The highest BCUT2D eigenvalue weighted by Gasteiger charge is 2.38. The van der Waals surface area contributed by atoms with Gasteiger partial charge >= 0.3 is 12.1 Å². The average molecular weight is 451 g/mol. The monoisotopic (exact) mass is 450 g/mol. The van der Waals surface area contributed by atoms with Gasteiger partial charge in [-0.25, -0.2) is 9.59 Å². The molecule has 0 saturated carbocycles. The van der Waals surface area contributed by atoms with E-state index >= 15 is 0 Å². The Morgan fingerprint density at radius 1 is 1.06 bits per heavy atom. The number of fused-ring (bicyclic) bond motifs is 3. The van der Waals surface area contributed by atoms with Gasteiger partial charge in [-0.3, -0.25) is 4.79 Å². The van der Waals surface area contributed by atoms with Crippen LogP contribution in [0.25, 0.3) is 11.1 Å². The number of amides is 2. The van der Waals surface area contributed by atoms with E-state index in [-0.39, 0.29) is 24.3 Å². The molecule has 1 aliphatic heterocycles. The molecule has 0 bridgehead atoms. The lowest BCUT2D eigenvalue weighted by atomic mass is 9.98.